The summed E-state index contributed by atoms with van der Waals surface area (Å²) in [6.07, 6.45) is 6.83. The second-order valence-corrected chi connectivity index (χ2v) is 10.1. The van der Waals surface area contributed by atoms with Gasteiger partial charge in [0.1, 0.15) is 17.5 Å². The number of nitrogens with zero attached hydrogens (tertiary/aromatic N) is 1. The Bertz CT molecular complexity index is 1340. The number of carbonyl (C=O) groups excluding carboxylic acids is 1. The van der Waals surface area contributed by atoms with Gasteiger partial charge in [0.15, 0.2) is 5.13 Å². The SMILES string of the molecule is CC(=Cc1c(F)cc(C(=O)Nc2nc(-c3cccc(COCCC4CCCC4)c3F)cs2)cc1F)C(=O)O. The van der Waals surface area contributed by atoms with E-state index in [9.17, 15) is 18.4 Å². The smallest absolute Gasteiger partial charge is 0.331 e. The van der Waals surface area contributed by atoms with Gasteiger partial charge in [-0.05, 0) is 43.5 Å². The third kappa shape index (κ3) is 6.68. The molecular formula is C28H27F3N2O4S. The van der Waals surface area contributed by atoms with Crippen molar-refractivity contribution in [3.63, 3.8) is 0 Å². The molecule has 2 aromatic carbocycles. The molecule has 38 heavy (non-hydrogen) atoms. The first-order chi connectivity index (χ1) is 18.2. The van der Waals surface area contributed by atoms with E-state index in [0.29, 0.717) is 23.8 Å². The van der Waals surface area contributed by atoms with E-state index < -0.39 is 34.9 Å². The monoisotopic (exact) mass is 544 g/mol. The first-order valence-electron chi connectivity index (χ1n) is 12.3. The van der Waals surface area contributed by atoms with Crippen LogP contribution < -0.4 is 5.32 Å². The molecule has 0 aliphatic heterocycles. The quantitative estimate of drug-likeness (QED) is 0.211. The van der Waals surface area contributed by atoms with E-state index in [1.54, 1.807) is 23.6 Å². The Morgan fingerprint density at radius 2 is 1.89 bits per heavy atom. The predicted octanol–water partition coefficient (Wildman–Crippen LogP) is 7.06. The summed E-state index contributed by atoms with van der Waals surface area (Å²) in [5, 5.41) is 13.1. The molecule has 1 saturated carbocycles. The molecule has 1 aliphatic rings. The maximum atomic E-state index is 15.2. The lowest BCUT2D eigenvalue weighted by molar-refractivity contribution is -0.132. The largest absolute Gasteiger partial charge is 0.478 e. The molecular weight excluding hydrogens is 517 g/mol. The number of hydrogen-bond donors (Lipinski definition) is 2. The van der Waals surface area contributed by atoms with Crippen molar-refractivity contribution in [2.75, 3.05) is 11.9 Å². The number of aromatic nitrogens is 1. The number of carboxylic acid groups (broad SMARTS) is 1. The molecule has 3 aromatic rings. The molecule has 0 saturated heterocycles. The van der Waals surface area contributed by atoms with Crippen molar-refractivity contribution in [3.05, 3.63) is 75.4 Å². The molecule has 10 heteroatoms. The van der Waals surface area contributed by atoms with E-state index in [0.717, 1.165) is 36.0 Å². The second kappa shape index (κ2) is 12.4. The minimum Gasteiger partial charge on any atom is -0.478 e. The number of carbonyl (C=O) groups is 2. The summed E-state index contributed by atoms with van der Waals surface area (Å²) in [6.45, 7) is 1.93. The van der Waals surface area contributed by atoms with E-state index in [1.165, 1.54) is 32.6 Å². The molecule has 0 spiro atoms. The highest BCUT2D eigenvalue weighted by Crippen LogP contribution is 2.30. The zero-order valence-corrected chi connectivity index (χ0v) is 21.5. The summed E-state index contributed by atoms with van der Waals surface area (Å²) in [4.78, 5) is 27.8. The van der Waals surface area contributed by atoms with E-state index in [4.69, 9.17) is 9.84 Å². The molecule has 1 aromatic heterocycles. The lowest BCUT2D eigenvalue weighted by Crippen LogP contribution is -2.13. The average molecular weight is 545 g/mol. The maximum Gasteiger partial charge on any atom is 0.331 e. The lowest BCUT2D eigenvalue weighted by Gasteiger charge is -2.11. The Kier molecular flexibility index (Phi) is 8.96. The topological polar surface area (TPSA) is 88.5 Å². The first kappa shape index (κ1) is 27.5. The summed E-state index contributed by atoms with van der Waals surface area (Å²) < 4.78 is 49.7. The summed E-state index contributed by atoms with van der Waals surface area (Å²) in [5.74, 6) is -4.07. The Morgan fingerprint density at radius 3 is 2.58 bits per heavy atom. The summed E-state index contributed by atoms with van der Waals surface area (Å²) >= 11 is 1.04. The number of hydrogen-bond acceptors (Lipinski definition) is 5. The van der Waals surface area contributed by atoms with E-state index in [-0.39, 0.29) is 28.4 Å². The molecule has 1 amide bonds. The number of nitrogens with one attached hydrogen (secondary N) is 1. The number of aliphatic carboxylic acids is 1. The number of amides is 1. The van der Waals surface area contributed by atoms with Gasteiger partial charge in [-0.2, -0.15) is 0 Å². The molecule has 0 atom stereocenters. The van der Waals surface area contributed by atoms with Crippen molar-refractivity contribution in [3.8, 4) is 11.3 Å². The van der Waals surface area contributed by atoms with Gasteiger partial charge < -0.3 is 9.84 Å². The average Bonchev–Trinajstić information content (AvgIpc) is 3.57. The number of anilines is 1. The molecule has 2 N–H and O–H groups in total. The third-order valence-corrected chi connectivity index (χ3v) is 7.28. The first-order valence-corrected chi connectivity index (χ1v) is 13.1. The van der Waals surface area contributed by atoms with Crippen molar-refractivity contribution < 1.29 is 32.6 Å². The van der Waals surface area contributed by atoms with Crippen LogP contribution in [-0.2, 0) is 16.1 Å². The minimum atomic E-state index is -1.32. The highest BCUT2D eigenvalue weighted by molar-refractivity contribution is 7.14. The van der Waals surface area contributed by atoms with Crippen LogP contribution in [0.3, 0.4) is 0 Å². The Labute approximate surface area is 222 Å². The Balaban J connectivity index is 1.42. The zero-order valence-electron chi connectivity index (χ0n) is 20.7. The van der Waals surface area contributed by atoms with Crippen molar-refractivity contribution in [1.29, 1.82) is 0 Å². The Hall–Kier alpha value is -3.50. The van der Waals surface area contributed by atoms with Crippen LogP contribution in [-0.4, -0.2) is 28.6 Å². The van der Waals surface area contributed by atoms with Gasteiger partial charge in [-0.25, -0.2) is 22.9 Å². The fourth-order valence-electron chi connectivity index (χ4n) is 4.38. The van der Waals surface area contributed by atoms with E-state index >= 15 is 4.39 Å². The van der Waals surface area contributed by atoms with Crippen LogP contribution in [0.4, 0.5) is 18.3 Å². The standard InChI is InChI=1S/C28H27F3N2O4S/c1-16(27(35)36)11-21-22(29)12-19(13-23(21)30)26(34)33-28-32-24(15-38-28)20-8-4-7-18(25(20)31)14-37-10-9-17-5-2-3-6-17/h4,7-8,11-13,15,17H,2-3,5-6,9-10,14H2,1H3,(H,35,36)(H,32,33,34). The predicted molar refractivity (Wildman–Crippen MR) is 139 cm³/mol. The second-order valence-electron chi connectivity index (χ2n) is 9.25. The van der Waals surface area contributed by atoms with Crippen LogP contribution in [0.15, 0.2) is 41.3 Å². The number of ether oxygens (including phenoxy) is 1. The van der Waals surface area contributed by atoms with Crippen LogP contribution >= 0.6 is 11.3 Å². The molecule has 0 bridgehead atoms. The van der Waals surface area contributed by atoms with Gasteiger partial charge >= 0.3 is 5.97 Å². The number of halogens is 3. The minimum absolute atomic E-state index is 0.120. The highest BCUT2D eigenvalue weighted by Gasteiger charge is 2.19. The maximum absolute atomic E-state index is 15.2. The van der Waals surface area contributed by atoms with E-state index in [2.05, 4.69) is 10.3 Å². The van der Waals surface area contributed by atoms with Crippen LogP contribution in [0.2, 0.25) is 0 Å². The number of rotatable bonds is 10. The van der Waals surface area contributed by atoms with Crippen LogP contribution in [0.5, 0.6) is 0 Å². The van der Waals surface area contributed by atoms with Gasteiger partial charge in [-0.3, -0.25) is 10.1 Å². The summed E-state index contributed by atoms with van der Waals surface area (Å²) in [5.41, 5.74) is -0.174. The highest BCUT2D eigenvalue weighted by atomic mass is 32.1. The van der Waals surface area contributed by atoms with Gasteiger partial charge in [0, 0.05) is 39.8 Å². The van der Waals surface area contributed by atoms with Crippen LogP contribution in [0.1, 0.15) is 60.5 Å². The third-order valence-electron chi connectivity index (χ3n) is 6.52. The summed E-state index contributed by atoms with van der Waals surface area (Å²) in [6, 6.07) is 6.56. The van der Waals surface area contributed by atoms with Crippen molar-refractivity contribution in [2.24, 2.45) is 5.92 Å². The number of thiazole rings is 1. The van der Waals surface area contributed by atoms with Crippen LogP contribution in [0, 0.1) is 23.4 Å². The van der Waals surface area contributed by atoms with Gasteiger partial charge in [0.2, 0.25) is 0 Å². The molecule has 1 heterocycles. The fraction of sp³-hybridized carbons (Fsp3) is 0.321. The Morgan fingerprint density at radius 1 is 1.18 bits per heavy atom. The van der Waals surface area contributed by atoms with Crippen LogP contribution in [0.25, 0.3) is 17.3 Å². The molecule has 6 nitrogen and oxygen atoms in total. The molecule has 0 radical (unpaired) electrons. The summed E-state index contributed by atoms with van der Waals surface area (Å²) in [7, 11) is 0. The van der Waals surface area contributed by atoms with E-state index in [1.807, 2.05) is 0 Å². The lowest BCUT2D eigenvalue weighted by atomic mass is 10.1. The normalized spacial score (nSPS) is 14.2. The van der Waals surface area contributed by atoms with Gasteiger partial charge in [-0.1, -0.05) is 37.8 Å². The van der Waals surface area contributed by atoms with Crippen molar-refractivity contribution in [2.45, 2.75) is 45.6 Å². The number of benzene rings is 2. The molecule has 0 unspecified atom stereocenters. The number of carboxylic acids is 1. The molecule has 4 rings (SSSR count). The molecule has 1 aliphatic carbocycles. The molecule has 1 fully saturated rings. The van der Waals surface area contributed by atoms with Gasteiger partial charge in [0.25, 0.3) is 5.91 Å². The van der Waals surface area contributed by atoms with Gasteiger partial charge in [-0.15, -0.1) is 11.3 Å². The van der Waals surface area contributed by atoms with Gasteiger partial charge in [0.05, 0.1) is 12.3 Å². The van der Waals surface area contributed by atoms with Crippen molar-refractivity contribution in [1.82, 2.24) is 4.98 Å². The zero-order chi connectivity index (χ0) is 27.2. The fourth-order valence-corrected chi connectivity index (χ4v) is 5.08. The molecule has 200 valence electrons. The van der Waals surface area contributed by atoms with Crippen molar-refractivity contribution >= 4 is 34.4 Å².